The van der Waals surface area contributed by atoms with Crippen LogP contribution in [0, 0.1) is 17.1 Å². The number of benzene rings is 1. The number of aliphatic carboxylic acids is 1. The highest BCUT2D eigenvalue weighted by Gasteiger charge is 2.25. The molecule has 1 N–H and O–H groups in total. The molecule has 1 heterocycles. The molecule has 0 saturated carbocycles. The second kappa shape index (κ2) is 6.73. The summed E-state index contributed by atoms with van der Waals surface area (Å²) in [5, 5.41) is 17.8. The molecule has 0 spiro atoms. The largest absolute Gasteiger partial charge is 0.481 e. The number of halogens is 1. The highest BCUT2D eigenvalue weighted by atomic mass is 32.2. The van der Waals surface area contributed by atoms with Gasteiger partial charge in [0.2, 0.25) is 0 Å². The van der Waals surface area contributed by atoms with E-state index in [1.807, 2.05) is 11.0 Å². The number of carboxylic acid groups (broad SMARTS) is 1. The smallest absolute Gasteiger partial charge is 0.304 e. The van der Waals surface area contributed by atoms with Crippen molar-refractivity contribution in [1.29, 1.82) is 5.26 Å². The first-order valence-corrected chi connectivity index (χ1v) is 7.47. The van der Waals surface area contributed by atoms with Crippen LogP contribution in [-0.2, 0) is 11.3 Å². The molecule has 106 valence electrons. The predicted molar refractivity (Wildman–Crippen MR) is 74.9 cm³/mol. The summed E-state index contributed by atoms with van der Waals surface area (Å²) in [5.41, 5.74) is 0.869. The minimum absolute atomic E-state index is 0.0621. The number of hydrogen-bond donors (Lipinski definition) is 1. The van der Waals surface area contributed by atoms with Gasteiger partial charge < -0.3 is 5.11 Å². The van der Waals surface area contributed by atoms with Crippen molar-refractivity contribution in [3.8, 4) is 6.07 Å². The molecule has 0 radical (unpaired) electrons. The van der Waals surface area contributed by atoms with Gasteiger partial charge in [-0.3, -0.25) is 9.69 Å². The minimum Gasteiger partial charge on any atom is -0.481 e. The molecule has 1 aliphatic heterocycles. The van der Waals surface area contributed by atoms with E-state index in [2.05, 4.69) is 0 Å². The Hall–Kier alpha value is -1.58. The molecule has 1 aromatic carbocycles. The van der Waals surface area contributed by atoms with Crippen LogP contribution in [0.1, 0.15) is 17.5 Å². The van der Waals surface area contributed by atoms with E-state index in [9.17, 15) is 9.18 Å². The van der Waals surface area contributed by atoms with Gasteiger partial charge in [-0.1, -0.05) is 0 Å². The fourth-order valence-electron chi connectivity index (χ4n) is 2.27. The van der Waals surface area contributed by atoms with Gasteiger partial charge in [0.15, 0.2) is 0 Å². The average Bonchev–Trinajstić information content (AvgIpc) is 2.43. The van der Waals surface area contributed by atoms with E-state index in [1.54, 1.807) is 11.8 Å². The molecule has 20 heavy (non-hydrogen) atoms. The predicted octanol–water partition coefficient (Wildman–Crippen LogP) is 2.09. The average molecular weight is 294 g/mol. The van der Waals surface area contributed by atoms with Gasteiger partial charge in [0, 0.05) is 36.2 Å². The Labute approximate surface area is 121 Å². The van der Waals surface area contributed by atoms with E-state index in [-0.39, 0.29) is 18.3 Å². The summed E-state index contributed by atoms with van der Waals surface area (Å²) in [4.78, 5) is 12.9. The maximum absolute atomic E-state index is 13.8. The van der Waals surface area contributed by atoms with Gasteiger partial charge in [-0.05, 0) is 18.2 Å². The Balaban J connectivity index is 2.14. The number of carbonyl (C=O) groups is 1. The first kappa shape index (κ1) is 14.8. The number of nitrogens with zero attached hydrogens (tertiary/aromatic N) is 2. The number of rotatable bonds is 4. The van der Waals surface area contributed by atoms with Crippen LogP contribution in [0.25, 0.3) is 0 Å². The lowest BCUT2D eigenvalue weighted by molar-refractivity contribution is -0.138. The Morgan fingerprint density at radius 2 is 2.40 bits per heavy atom. The second-order valence-corrected chi connectivity index (χ2v) is 5.86. The van der Waals surface area contributed by atoms with Gasteiger partial charge in [-0.15, -0.1) is 0 Å². The molecule has 1 saturated heterocycles. The number of nitriles is 1. The molecule has 0 aliphatic carbocycles. The van der Waals surface area contributed by atoms with Gasteiger partial charge in [-0.25, -0.2) is 4.39 Å². The third-order valence-electron chi connectivity index (χ3n) is 3.31. The van der Waals surface area contributed by atoms with Crippen molar-refractivity contribution in [2.45, 2.75) is 19.0 Å². The Bertz CT molecular complexity index is 544. The van der Waals surface area contributed by atoms with Crippen LogP contribution in [0.3, 0.4) is 0 Å². The molecule has 2 rings (SSSR count). The first-order chi connectivity index (χ1) is 9.60. The van der Waals surface area contributed by atoms with Crippen LogP contribution in [-0.4, -0.2) is 40.1 Å². The molecular formula is C14H15FN2O2S. The summed E-state index contributed by atoms with van der Waals surface area (Å²) in [6, 6.07) is 6.18. The van der Waals surface area contributed by atoms with E-state index in [0.717, 1.165) is 18.1 Å². The van der Waals surface area contributed by atoms with Gasteiger partial charge in [0.1, 0.15) is 5.82 Å². The highest BCUT2D eigenvalue weighted by molar-refractivity contribution is 7.99. The third-order valence-corrected chi connectivity index (χ3v) is 4.40. The van der Waals surface area contributed by atoms with Crippen molar-refractivity contribution < 1.29 is 14.3 Å². The quantitative estimate of drug-likeness (QED) is 0.921. The normalized spacial score (nSPS) is 19.5. The summed E-state index contributed by atoms with van der Waals surface area (Å²) in [5.74, 6) is 0.465. The van der Waals surface area contributed by atoms with Crippen molar-refractivity contribution in [3.05, 3.63) is 35.1 Å². The number of hydrogen-bond acceptors (Lipinski definition) is 4. The zero-order chi connectivity index (χ0) is 14.5. The van der Waals surface area contributed by atoms with Crippen LogP contribution in [0.2, 0.25) is 0 Å². The molecular weight excluding hydrogens is 279 g/mol. The number of carboxylic acids is 1. The van der Waals surface area contributed by atoms with Gasteiger partial charge in [0.25, 0.3) is 0 Å². The Kier molecular flexibility index (Phi) is 4.99. The summed E-state index contributed by atoms with van der Waals surface area (Å²) in [6.07, 6.45) is 0.0621. The summed E-state index contributed by atoms with van der Waals surface area (Å²) < 4.78 is 13.8. The molecule has 0 amide bonds. The zero-order valence-electron chi connectivity index (χ0n) is 10.9. The first-order valence-electron chi connectivity index (χ1n) is 6.32. The minimum atomic E-state index is -0.839. The lowest BCUT2D eigenvalue weighted by Crippen LogP contribution is -2.43. The van der Waals surface area contributed by atoms with Crippen molar-refractivity contribution in [3.63, 3.8) is 0 Å². The molecule has 1 aromatic rings. The fraction of sp³-hybridized carbons (Fsp3) is 0.429. The number of thioether (sulfide) groups is 1. The van der Waals surface area contributed by atoms with Crippen LogP contribution in [0.15, 0.2) is 18.2 Å². The van der Waals surface area contributed by atoms with Gasteiger partial charge in [0.05, 0.1) is 18.1 Å². The molecule has 1 unspecified atom stereocenters. The second-order valence-electron chi connectivity index (χ2n) is 4.72. The van der Waals surface area contributed by atoms with Gasteiger partial charge >= 0.3 is 5.97 Å². The van der Waals surface area contributed by atoms with E-state index >= 15 is 0 Å². The lowest BCUT2D eigenvalue weighted by atomic mass is 10.1. The SMILES string of the molecule is N#Cc1ccc(F)c(CN2CCSCC2CC(=O)O)c1. The third kappa shape index (κ3) is 3.71. The molecule has 1 aliphatic rings. The summed E-state index contributed by atoms with van der Waals surface area (Å²) in [6.45, 7) is 1.08. The van der Waals surface area contributed by atoms with E-state index in [1.165, 1.54) is 18.2 Å². The molecule has 6 heteroatoms. The monoisotopic (exact) mass is 294 g/mol. The Morgan fingerprint density at radius 3 is 3.10 bits per heavy atom. The van der Waals surface area contributed by atoms with E-state index in [0.29, 0.717) is 17.7 Å². The van der Waals surface area contributed by atoms with Crippen molar-refractivity contribution in [1.82, 2.24) is 4.90 Å². The van der Waals surface area contributed by atoms with Crippen molar-refractivity contribution >= 4 is 17.7 Å². The van der Waals surface area contributed by atoms with Crippen LogP contribution >= 0.6 is 11.8 Å². The Morgan fingerprint density at radius 1 is 1.60 bits per heavy atom. The molecule has 4 nitrogen and oxygen atoms in total. The fourth-order valence-corrected chi connectivity index (χ4v) is 3.40. The maximum Gasteiger partial charge on any atom is 0.304 e. The van der Waals surface area contributed by atoms with Gasteiger partial charge in [-0.2, -0.15) is 17.0 Å². The van der Waals surface area contributed by atoms with E-state index < -0.39 is 5.97 Å². The van der Waals surface area contributed by atoms with Crippen LogP contribution in [0.4, 0.5) is 4.39 Å². The van der Waals surface area contributed by atoms with E-state index in [4.69, 9.17) is 10.4 Å². The topological polar surface area (TPSA) is 64.3 Å². The van der Waals surface area contributed by atoms with Crippen LogP contribution in [0.5, 0.6) is 0 Å². The lowest BCUT2D eigenvalue weighted by Gasteiger charge is -2.34. The molecule has 0 bridgehead atoms. The highest BCUT2D eigenvalue weighted by Crippen LogP contribution is 2.22. The standard InChI is InChI=1S/C14H15FN2O2S/c15-13-2-1-10(7-16)5-11(13)8-17-3-4-20-9-12(17)6-14(18)19/h1-2,5,12H,3-4,6,8-9H2,(H,18,19). The van der Waals surface area contributed by atoms with Crippen LogP contribution < -0.4 is 0 Å². The van der Waals surface area contributed by atoms with Crippen molar-refractivity contribution in [2.24, 2.45) is 0 Å². The molecule has 1 atom stereocenters. The van der Waals surface area contributed by atoms with Crippen molar-refractivity contribution in [2.75, 3.05) is 18.1 Å². The molecule has 1 fully saturated rings. The summed E-state index contributed by atoms with van der Waals surface area (Å²) >= 11 is 1.72. The molecule has 0 aromatic heterocycles. The maximum atomic E-state index is 13.8. The zero-order valence-corrected chi connectivity index (χ0v) is 11.7. The summed E-state index contributed by atoms with van der Waals surface area (Å²) in [7, 11) is 0.